The van der Waals surface area contributed by atoms with Crippen LogP contribution in [0.5, 0.6) is 0 Å². The fraction of sp³-hybridized carbons (Fsp3) is 0.263. The molecule has 0 spiro atoms. The van der Waals surface area contributed by atoms with Gasteiger partial charge in [-0.1, -0.05) is 22.7 Å². The number of aromatic nitrogens is 2. The predicted octanol–water partition coefficient (Wildman–Crippen LogP) is 3.76. The van der Waals surface area contributed by atoms with Gasteiger partial charge in [0.15, 0.2) is 0 Å². The summed E-state index contributed by atoms with van der Waals surface area (Å²) in [6.45, 7) is 1.17. The number of likely N-dealkylation sites (tertiary alicyclic amines) is 1. The van der Waals surface area contributed by atoms with Crippen molar-refractivity contribution < 1.29 is 9.59 Å². The lowest BCUT2D eigenvalue weighted by molar-refractivity contribution is -0.121. The molecule has 0 unspecified atom stereocenters. The quantitative estimate of drug-likeness (QED) is 0.726. The molecule has 0 radical (unpaired) electrons. The van der Waals surface area contributed by atoms with Gasteiger partial charge in [0.1, 0.15) is 5.69 Å². The van der Waals surface area contributed by atoms with Gasteiger partial charge in [-0.05, 0) is 48.0 Å². The Kier molecular flexibility index (Phi) is 5.26. The van der Waals surface area contributed by atoms with E-state index in [9.17, 15) is 9.59 Å². The second-order valence-electron chi connectivity index (χ2n) is 6.42. The monoisotopic (exact) mass is 398 g/mol. The number of anilines is 1. The van der Waals surface area contributed by atoms with Gasteiger partial charge in [-0.3, -0.25) is 9.59 Å². The van der Waals surface area contributed by atoms with Gasteiger partial charge >= 0.3 is 0 Å². The van der Waals surface area contributed by atoms with E-state index in [2.05, 4.69) is 14.9 Å². The largest absolute Gasteiger partial charge is 0.337 e. The van der Waals surface area contributed by atoms with Crippen molar-refractivity contribution in [2.24, 2.45) is 5.92 Å². The summed E-state index contributed by atoms with van der Waals surface area (Å²) in [4.78, 5) is 27.7. The number of thiophene rings is 1. The zero-order valence-corrected chi connectivity index (χ0v) is 16.1. The van der Waals surface area contributed by atoms with E-state index in [4.69, 9.17) is 0 Å². The molecule has 1 aliphatic rings. The molecule has 4 rings (SSSR count). The Morgan fingerprint density at radius 1 is 1.19 bits per heavy atom. The van der Waals surface area contributed by atoms with Gasteiger partial charge in [-0.2, -0.15) is 0 Å². The van der Waals surface area contributed by atoms with Gasteiger partial charge in [0.05, 0.1) is 10.8 Å². The minimum atomic E-state index is -0.190. The third-order valence-electron chi connectivity index (χ3n) is 4.62. The van der Waals surface area contributed by atoms with Crippen molar-refractivity contribution in [3.8, 4) is 11.3 Å². The molecule has 0 aliphatic carbocycles. The summed E-state index contributed by atoms with van der Waals surface area (Å²) in [6.07, 6.45) is 1.63. The highest BCUT2D eigenvalue weighted by Gasteiger charge is 2.29. The van der Waals surface area contributed by atoms with Crippen LogP contribution in [-0.2, 0) is 4.79 Å². The van der Waals surface area contributed by atoms with Crippen LogP contribution in [0.4, 0.5) is 5.69 Å². The molecule has 1 aromatic carbocycles. The van der Waals surface area contributed by atoms with Crippen molar-refractivity contribution in [2.75, 3.05) is 18.4 Å². The van der Waals surface area contributed by atoms with Crippen LogP contribution < -0.4 is 5.32 Å². The summed E-state index contributed by atoms with van der Waals surface area (Å²) in [5, 5.41) is 10.8. The second kappa shape index (κ2) is 7.98. The van der Waals surface area contributed by atoms with Crippen molar-refractivity contribution in [2.45, 2.75) is 12.8 Å². The number of nitrogens with one attached hydrogen (secondary N) is 1. The van der Waals surface area contributed by atoms with E-state index in [1.54, 1.807) is 4.90 Å². The number of piperidine rings is 1. The van der Waals surface area contributed by atoms with E-state index in [0.717, 1.165) is 34.7 Å². The van der Waals surface area contributed by atoms with Crippen molar-refractivity contribution in [3.63, 3.8) is 0 Å². The van der Waals surface area contributed by atoms with E-state index in [1.807, 2.05) is 47.2 Å². The number of rotatable bonds is 4. The molecular weight excluding hydrogens is 380 g/mol. The Labute approximate surface area is 165 Å². The first-order valence-corrected chi connectivity index (χ1v) is 10.4. The highest BCUT2D eigenvalue weighted by atomic mass is 32.1. The molecule has 1 saturated heterocycles. The zero-order chi connectivity index (χ0) is 18.6. The molecule has 0 saturated carbocycles. The van der Waals surface area contributed by atoms with Crippen LogP contribution in [0.15, 0.2) is 47.2 Å². The van der Waals surface area contributed by atoms with Crippen LogP contribution in [0.25, 0.3) is 11.3 Å². The number of hydrogen-bond acceptors (Lipinski definition) is 6. The first-order valence-electron chi connectivity index (χ1n) is 8.72. The highest BCUT2D eigenvalue weighted by molar-refractivity contribution is 7.12. The van der Waals surface area contributed by atoms with Crippen molar-refractivity contribution in [1.82, 2.24) is 14.5 Å². The van der Waals surface area contributed by atoms with Crippen LogP contribution in [0, 0.1) is 5.92 Å². The average molecular weight is 399 g/mol. The fourth-order valence-corrected chi connectivity index (χ4v) is 4.35. The number of benzene rings is 1. The third-order valence-corrected chi connectivity index (χ3v) is 5.98. The van der Waals surface area contributed by atoms with Crippen molar-refractivity contribution >= 4 is 40.4 Å². The second-order valence-corrected chi connectivity index (χ2v) is 7.98. The van der Waals surface area contributed by atoms with Gasteiger partial charge in [0.2, 0.25) is 5.91 Å². The van der Waals surface area contributed by atoms with Crippen LogP contribution in [-0.4, -0.2) is 39.4 Å². The summed E-state index contributed by atoms with van der Waals surface area (Å²) in [7, 11) is 0. The molecule has 2 amide bonds. The Hall–Kier alpha value is -2.58. The van der Waals surface area contributed by atoms with Gasteiger partial charge in [0, 0.05) is 29.7 Å². The maximum Gasteiger partial charge on any atom is 0.263 e. The maximum atomic E-state index is 12.7. The predicted molar refractivity (Wildman–Crippen MR) is 107 cm³/mol. The lowest BCUT2D eigenvalue weighted by atomic mass is 9.96. The van der Waals surface area contributed by atoms with Gasteiger partial charge in [-0.15, -0.1) is 16.4 Å². The molecule has 27 heavy (non-hydrogen) atoms. The summed E-state index contributed by atoms with van der Waals surface area (Å²) >= 11 is 2.74. The molecule has 8 heteroatoms. The lowest BCUT2D eigenvalue weighted by Crippen LogP contribution is -2.43. The molecule has 0 bridgehead atoms. The average Bonchev–Trinajstić information content (AvgIpc) is 3.42. The number of hydrogen-bond donors (Lipinski definition) is 1. The molecule has 138 valence electrons. The molecule has 1 atom stereocenters. The first-order chi connectivity index (χ1) is 13.2. The van der Waals surface area contributed by atoms with E-state index in [0.29, 0.717) is 13.1 Å². The molecule has 3 aromatic rings. The van der Waals surface area contributed by atoms with Gasteiger partial charge in [0.25, 0.3) is 5.91 Å². The Bertz CT molecular complexity index is 908. The minimum Gasteiger partial charge on any atom is -0.337 e. The van der Waals surface area contributed by atoms with Gasteiger partial charge in [-0.25, -0.2) is 0 Å². The van der Waals surface area contributed by atoms with E-state index in [-0.39, 0.29) is 17.7 Å². The summed E-state index contributed by atoms with van der Waals surface area (Å²) < 4.78 is 3.86. The number of carbonyl (C=O) groups is 2. The summed E-state index contributed by atoms with van der Waals surface area (Å²) in [5.41, 5.74) is 2.54. The maximum absolute atomic E-state index is 12.7. The molecule has 6 nitrogen and oxygen atoms in total. The van der Waals surface area contributed by atoms with Crippen LogP contribution in [0.2, 0.25) is 0 Å². The third kappa shape index (κ3) is 4.06. The minimum absolute atomic E-state index is 0.0173. The van der Waals surface area contributed by atoms with Crippen LogP contribution >= 0.6 is 22.9 Å². The van der Waals surface area contributed by atoms with Gasteiger partial charge < -0.3 is 10.2 Å². The molecule has 1 N–H and O–H groups in total. The number of nitrogens with zero attached hydrogens (tertiary/aromatic N) is 3. The summed E-state index contributed by atoms with van der Waals surface area (Å²) in [5.74, 6) is -0.212. The van der Waals surface area contributed by atoms with Crippen LogP contribution in [0.1, 0.15) is 22.5 Å². The molecule has 2 aromatic heterocycles. The Morgan fingerprint density at radius 2 is 2.04 bits per heavy atom. The molecular formula is C19H18N4O2S2. The SMILES string of the molecule is O=C(Nc1ccc(-c2csnn2)cc1)[C@@H]1CCCN(C(=O)c2cccs2)C1. The number of carbonyl (C=O) groups excluding carboxylic acids is 2. The van der Waals surface area contributed by atoms with E-state index in [1.165, 1.54) is 22.9 Å². The smallest absolute Gasteiger partial charge is 0.263 e. The van der Waals surface area contributed by atoms with Crippen LogP contribution in [0.3, 0.4) is 0 Å². The normalized spacial score (nSPS) is 16.9. The fourth-order valence-electron chi connectivity index (χ4n) is 3.19. The Morgan fingerprint density at radius 3 is 2.74 bits per heavy atom. The number of amides is 2. The lowest BCUT2D eigenvalue weighted by Gasteiger charge is -2.31. The zero-order valence-electron chi connectivity index (χ0n) is 14.5. The molecule has 1 aliphatic heterocycles. The topological polar surface area (TPSA) is 75.2 Å². The molecule has 1 fully saturated rings. The first kappa shape index (κ1) is 17.8. The van der Waals surface area contributed by atoms with E-state index < -0.39 is 0 Å². The van der Waals surface area contributed by atoms with Crippen molar-refractivity contribution in [1.29, 1.82) is 0 Å². The highest BCUT2D eigenvalue weighted by Crippen LogP contribution is 2.23. The summed E-state index contributed by atoms with van der Waals surface area (Å²) in [6, 6.07) is 11.3. The molecule has 3 heterocycles. The van der Waals surface area contributed by atoms with E-state index >= 15 is 0 Å². The van der Waals surface area contributed by atoms with Crippen molar-refractivity contribution in [3.05, 3.63) is 52.0 Å². The standard InChI is InChI=1S/C19H18N4O2S2/c24-18(20-15-7-5-13(6-8-15)16-12-27-22-21-16)14-3-1-9-23(11-14)19(25)17-4-2-10-26-17/h2,4-8,10,12,14H,1,3,9,11H2,(H,20,24)/t14-/m1/s1. The Balaban J connectivity index is 1.38.